The summed E-state index contributed by atoms with van der Waals surface area (Å²) >= 11 is 11.8. The number of carbonyl (C=O) groups is 1. The molecule has 7 heteroatoms. The van der Waals surface area contributed by atoms with Gasteiger partial charge in [0.2, 0.25) is 0 Å². The molecule has 0 saturated heterocycles. The Hall–Kier alpha value is -2.11. The molecule has 3 aromatic rings. The summed E-state index contributed by atoms with van der Waals surface area (Å²) in [6.45, 7) is -0.0661. The quantitative estimate of drug-likeness (QED) is 0.548. The Morgan fingerprint density at radius 1 is 1.19 bits per heavy atom. The molecule has 2 aromatic carbocycles. The predicted octanol–water partition coefficient (Wildman–Crippen LogP) is 3.34. The van der Waals surface area contributed by atoms with Crippen molar-refractivity contribution < 1.29 is 9.53 Å². The molecule has 0 unspecified atom stereocenters. The molecule has 5 nitrogen and oxygen atoms in total. The van der Waals surface area contributed by atoms with Crippen molar-refractivity contribution >= 4 is 40.2 Å². The monoisotopic (exact) mass is 321 g/mol. The van der Waals surface area contributed by atoms with Crippen molar-refractivity contribution in [3.05, 3.63) is 52.5 Å². The van der Waals surface area contributed by atoms with Crippen LogP contribution in [0.2, 0.25) is 10.0 Å². The first-order valence-corrected chi connectivity index (χ1v) is 6.83. The number of fused-ring (bicyclic) bond motifs is 1. The average molecular weight is 322 g/mol. The fraction of sp³-hybridized carbons (Fsp3) is 0.0714. The fourth-order valence-corrected chi connectivity index (χ4v) is 2.18. The average Bonchev–Trinajstić information content (AvgIpc) is 2.86. The second-order valence-corrected chi connectivity index (χ2v) is 5.13. The molecule has 1 aromatic heterocycles. The highest BCUT2D eigenvalue weighted by molar-refractivity contribution is 6.34. The Kier molecular flexibility index (Phi) is 3.77. The molecule has 0 saturated carbocycles. The van der Waals surface area contributed by atoms with Crippen LogP contribution in [0, 0.1) is 0 Å². The number of aromatic nitrogens is 3. The Labute approximate surface area is 130 Å². The molecular weight excluding hydrogens is 313 g/mol. The number of para-hydroxylation sites is 1. The van der Waals surface area contributed by atoms with E-state index in [4.69, 9.17) is 27.9 Å². The van der Waals surface area contributed by atoms with Gasteiger partial charge in [-0.2, -0.15) is 0 Å². The molecule has 21 heavy (non-hydrogen) atoms. The van der Waals surface area contributed by atoms with Gasteiger partial charge in [-0.05, 0) is 24.3 Å². The van der Waals surface area contributed by atoms with Crippen LogP contribution in [0.4, 0.5) is 0 Å². The number of hydrogen-bond acceptors (Lipinski definition) is 4. The lowest BCUT2D eigenvalue weighted by Crippen LogP contribution is -2.17. The first kappa shape index (κ1) is 13.9. The third kappa shape index (κ3) is 2.99. The molecule has 0 bridgehead atoms. The van der Waals surface area contributed by atoms with E-state index in [-0.39, 0.29) is 12.3 Å². The minimum Gasteiger partial charge on any atom is -0.424 e. The fourth-order valence-electron chi connectivity index (χ4n) is 1.87. The van der Waals surface area contributed by atoms with Gasteiger partial charge >= 0.3 is 5.97 Å². The lowest BCUT2D eigenvalue weighted by molar-refractivity contribution is -0.135. The van der Waals surface area contributed by atoms with Gasteiger partial charge in [0.1, 0.15) is 12.1 Å². The Bertz CT molecular complexity index is 817. The van der Waals surface area contributed by atoms with Crippen LogP contribution in [0.25, 0.3) is 11.0 Å². The molecule has 0 atom stereocenters. The lowest BCUT2D eigenvalue weighted by Gasteiger charge is -2.06. The zero-order chi connectivity index (χ0) is 14.8. The van der Waals surface area contributed by atoms with Gasteiger partial charge in [0.15, 0.2) is 5.75 Å². The summed E-state index contributed by atoms with van der Waals surface area (Å²) < 4.78 is 6.67. The molecule has 0 aliphatic heterocycles. The van der Waals surface area contributed by atoms with Crippen molar-refractivity contribution in [2.24, 2.45) is 0 Å². The maximum Gasteiger partial charge on any atom is 0.333 e. The minimum absolute atomic E-state index is 0.0661. The summed E-state index contributed by atoms with van der Waals surface area (Å²) in [6.07, 6.45) is 0. The number of carbonyl (C=O) groups excluding carboxylic acids is 1. The van der Waals surface area contributed by atoms with Crippen LogP contribution in [0.1, 0.15) is 0 Å². The Balaban J connectivity index is 1.79. The van der Waals surface area contributed by atoms with E-state index < -0.39 is 5.97 Å². The van der Waals surface area contributed by atoms with E-state index in [0.717, 1.165) is 5.52 Å². The maximum absolute atomic E-state index is 12.0. The van der Waals surface area contributed by atoms with E-state index in [1.54, 1.807) is 12.1 Å². The summed E-state index contributed by atoms with van der Waals surface area (Å²) in [7, 11) is 0. The molecule has 1 heterocycles. The number of rotatable bonds is 3. The topological polar surface area (TPSA) is 57.0 Å². The summed E-state index contributed by atoms with van der Waals surface area (Å²) in [4.78, 5) is 12.0. The van der Waals surface area contributed by atoms with Crippen molar-refractivity contribution in [3.8, 4) is 5.75 Å². The number of esters is 1. The van der Waals surface area contributed by atoms with E-state index in [1.165, 1.54) is 10.7 Å². The van der Waals surface area contributed by atoms with E-state index in [9.17, 15) is 4.79 Å². The number of hydrogen-bond donors (Lipinski definition) is 0. The summed E-state index contributed by atoms with van der Waals surface area (Å²) in [5, 5.41) is 8.65. The molecule has 0 spiro atoms. The zero-order valence-electron chi connectivity index (χ0n) is 10.7. The van der Waals surface area contributed by atoms with Crippen molar-refractivity contribution in [1.82, 2.24) is 15.0 Å². The summed E-state index contributed by atoms with van der Waals surface area (Å²) in [6, 6.07) is 12.0. The van der Waals surface area contributed by atoms with Crippen molar-refractivity contribution in [3.63, 3.8) is 0 Å². The minimum atomic E-state index is -0.505. The van der Waals surface area contributed by atoms with Gasteiger partial charge < -0.3 is 4.74 Å². The SMILES string of the molecule is O=C(Cn1nnc2ccccc21)Oc1cc(Cl)ccc1Cl. The highest BCUT2D eigenvalue weighted by atomic mass is 35.5. The molecule has 3 rings (SSSR count). The van der Waals surface area contributed by atoms with Gasteiger partial charge in [0.05, 0.1) is 10.5 Å². The molecule has 0 N–H and O–H groups in total. The molecule has 0 radical (unpaired) electrons. The second kappa shape index (κ2) is 5.71. The van der Waals surface area contributed by atoms with Gasteiger partial charge in [-0.25, -0.2) is 9.48 Å². The van der Waals surface area contributed by atoms with E-state index in [0.29, 0.717) is 15.6 Å². The molecule has 0 amide bonds. The lowest BCUT2D eigenvalue weighted by atomic mass is 10.3. The molecule has 106 valence electrons. The molecular formula is C14H9Cl2N3O2. The van der Waals surface area contributed by atoms with Crippen LogP contribution in [0.15, 0.2) is 42.5 Å². The highest BCUT2D eigenvalue weighted by Gasteiger charge is 2.12. The molecule has 0 fully saturated rings. The highest BCUT2D eigenvalue weighted by Crippen LogP contribution is 2.27. The zero-order valence-corrected chi connectivity index (χ0v) is 12.2. The van der Waals surface area contributed by atoms with Crippen LogP contribution in [0.3, 0.4) is 0 Å². The normalized spacial score (nSPS) is 10.8. The van der Waals surface area contributed by atoms with Gasteiger partial charge in [-0.3, -0.25) is 0 Å². The van der Waals surface area contributed by atoms with Crippen LogP contribution >= 0.6 is 23.2 Å². The molecule has 0 aliphatic carbocycles. The van der Waals surface area contributed by atoms with Gasteiger partial charge in [0, 0.05) is 11.1 Å². The number of ether oxygens (including phenoxy) is 1. The second-order valence-electron chi connectivity index (χ2n) is 4.28. The van der Waals surface area contributed by atoms with Gasteiger partial charge in [-0.1, -0.05) is 40.5 Å². The third-order valence-electron chi connectivity index (χ3n) is 2.82. The largest absolute Gasteiger partial charge is 0.424 e. The Morgan fingerprint density at radius 3 is 2.86 bits per heavy atom. The van der Waals surface area contributed by atoms with Crippen molar-refractivity contribution in [1.29, 1.82) is 0 Å². The third-order valence-corrected chi connectivity index (χ3v) is 3.36. The van der Waals surface area contributed by atoms with Crippen molar-refractivity contribution in [2.45, 2.75) is 6.54 Å². The van der Waals surface area contributed by atoms with E-state index in [2.05, 4.69) is 10.3 Å². The number of benzene rings is 2. The first-order chi connectivity index (χ1) is 10.1. The Morgan fingerprint density at radius 2 is 2.00 bits per heavy atom. The predicted molar refractivity (Wildman–Crippen MR) is 79.6 cm³/mol. The summed E-state index contributed by atoms with van der Waals surface area (Å²) in [5.41, 5.74) is 1.47. The van der Waals surface area contributed by atoms with Crippen LogP contribution < -0.4 is 4.74 Å². The number of halogens is 2. The van der Waals surface area contributed by atoms with Crippen LogP contribution in [-0.4, -0.2) is 21.0 Å². The molecule has 0 aliphatic rings. The summed E-state index contributed by atoms with van der Waals surface area (Å²) in [5.74, 6) is -0.284. The maximum atomic E-state index is 12.0. The van der Waals surface area contributed by atoms with E-state index >= 15 is 0 Å². The van der Waals surface area contributed by atoms with E-state index in [1.807, 2.05) is 24.3 Å². The van der Waals surface area contributed by atoms with Crippen molar-refractivity contribution in [2.75, 3.05) is 0 Å². The van der Waals surface area contributed by atoms with Gasteiger partial charge in [0.25, 0.3) is 0 Å². The van der Waals surface area contributed by atoms with Crippen LogP contribution in [-0.2, 0) is 11.3 Å². The first-order valence-electron chi connectivity index (χ1n) is 6.07. The standard InChI is InChI=1S/C14H9Cl2N3O2/c15-9-5-6-10(16)13(7-9)21-14(20)8-19-12-4-2-1-3-11(12)17-18-19/h1-7H,8H2. The van der Waals surface area contributed by atoms with Gasteiger partial charge in [-0.15, -0.1) is 5.10 Å². The van der Waals surface area contributed by atoms with Crippen LogP contribution in [0.5, 0.6) is 5.75 Å². The smallest absolute Gasteiger partial charge is 0.333 e. The number of nitrogens with zero attached hydrogens (tertiary/aromatic N) is 3.